The standard InChI is InChI=1S/C52H62N16O9/c1-63-33-40(30-57-63)43-31-54-49-48(59-43)61-62-67(49)35-41-34-66(17-20-77-41)52-55-27-39(28-56-52)37-7-5-36(6-8-37)32-64-13-15-65(16-14-64)46(70)11-18-73-21-23-75-25-26-76-24-22-74-19-12-53-42-4-2-3-38-29-58-68(51(72)47(38)42)44-9-10-45(69)60-50(44)71/h2-8,27-31,33,41,44,53H,9-26,32,34-35H2,1H3,(H,60,69,71)/t41-,44?/m0/s1. The Morgan fingerprint density at radius 3 is 2.29 bits per heavy atom. The highest BCUT2D eigenvalue weighted by molar-refractivity contribution is 5.99. The monoisotopic (exact) mass is 1050 g/mol. The van der Waals surface area contributed by atoms with E-state index in [2.05, 4.69) is 75.2 Å². The van der Waals surface area contributed by atoms with Crippen LogP contribution in [-0.2, 0) is 58.2 Å². The van der Waals surface area contributed by atoms with Crippen LogP contribution in [0.15, 0.2) is 84.4 Å². The first-order valence-electron chi connectivity index (χ1n) is 25.9. The Hall–Kier alpha value is -7.68. The number of carbonyl (C=O) groups excluding carboxylic acids is 3. The number of fused-ring (bicyclic) bond motifs is 2. The third-order valence-electron chi connectivity index (χ3n) is 13.6. The molecule has 77 heavy (non-hydrogen) atoms. The van der Waals surface area contributed by atoms with E-state index in [1.807, 2.05) is 36.6 Å². The summed E-state index contributed by atoms with van der Waals surface area (Å²) in [5.41, 5.74) is 5.98. The van der Waals surface area contributed by atoms with Crippen LogP contribution in [0.3, 0.4) is 0 Å². The van der Waals surface area contributed by atoms with Crippen molar-refractivity contribution < 1.29 is 38.1 Å². The van der Waals surface area contributed by atoms with Crippen LogP contribution >= 0.6 is 0 Å². The largest absolute Gasteiger partial charge is 0.382 e. The first-order chi connectivity index (χ1) is 37.7. The van der Waals surface area contributed by atoms with Crippen LogP contribution in [-0.4, -0.2) is 193 Å². The molecule has 1 unspecified atom stereocenters. The second-order valence-corrected chi connectivity index (χ2v) is 18.9. The predicted molar refractivity (Wildman–Crippen MR) is 280 cm³/mol. The number of piperidine rings is 1. The predicted octanol–water partition coefficient (Wildman–Crippen LogP) is 1.88. The Morgan fingerprint density at radius 2 is 1.55 bits per heavy atom. The minimum Gasteiger partial charge on any atom is -0.382 e. The molecule has 0 radical (unpaired) electrons. The summed E-state index contributed by atoms with van der Waals surface area (Å²) in [6.45, 7) is 9.56. The number of nitrogens with zero attached hydrogens (tertiary/aromatic N) is 14. The highest BCUT2D eigenvalue weighted by Crippen LogP contribution is 2.25. The van der Waals surface area contributed by atoms with Gasteiger partial charge in [0.2, 0.25) is 23.4 Å². The molecule has 2 atom stereocenters. The van der Waals surface area contributed by atoms with Crippen molar-refractivity contribution in [2.75, 3.05) is 115 Å². The van der Waals surface area contributed by atoms with Gasteiger partial charge < -0.3 is 38.8 Å². The number of carbonyl (C=O) groups is 3. The van der Waals surface area contributed by atoms with E-state index in [0.29, 0.717) is 145 Å². The molecule has 3 saturated heterocycles. The fourth-order valence-corrected chi connectivity index (χ4v) is 9.46. The van der Waals surface area contributed by atoms with E-state index in [0.717, 1.165) is 41.0 Å². The Bertz CT molecular complexity index is 3180. The first kappa shape index (κ1) is 52.7. The van der Waals surface area contributed by atoms with Gasteiger partial charge in [-0.3, -0.25) is 34.1 Å². The van der Waals surface area contributed by atoms with Crippen LogP contribution < -0.4 is 21.1 Å². The van der Waals surface area contributed by atoms with E-state index in [-0.39, 0.29) is 30.8 Å². The van der Waals surface area contributed by atoms with Gasteiger partial charge in [-0.2, -0.15) is 10.2 Å². The summed E-state index contributed by atoms with van der Waals surface area (Å²) in [6.07, 6.45) is 11.1. The molecule has 3 fully saturated rings. The number of aryl methyl sites for hydroxylation is 1. The summed E-state index contributed by atoms with van der Waals surface area (Å²) < 4.78 is 33.3. The number of ether oxygens (including phenoxy) is 5. The number of piperazine rings is 1. The lowest BCUT2D eigenvalue weighted by Gasteiger charge is -2.34. The Morgan fingerprint density at radius 1 is 0.792 bits per heavy atom. The van der Waals surface area contributed by atoms with Gasteiger partial charge in [-0.15, -0.1) is 5.10 Å². The molecule has 404 valence electrons. The van der Waals surface area contributed by atoms with Crippen molar-refractivity contribution in [3.8, 4) is 22.4 Å². The molecule has 8 heterocycles. The van der Waals surface area contributed by atoms with E-state index in [1.165, 1.54) is 5.56 Å². The molecule has 0 bridgehead atoms. The average Bonchev–Trinajstić information content (AvgIpc) is 4.09. The molecule has 25 heteroatoms. The summed E-state index contributed by atoms with van der Waals surface area (Å²) in [5, 5.41) is 23.6. The van der Waals surface area contributed by atoms with E-state index in [1.54, 1.807) is 40.1 Å². The summed E-state index contributed by atoms with van der Waals surface area (Å²) in [5.74, 6) is -0.144. The maximum absolute atomic E-state index is 13.4. The van der Waals surface area contributed by atoms with Crippen molar-refractivity contribution in [1.29, 1.82) is 0 Å². The normalized spacial score (nSPS) is 17.4. The van der Waals surface area contributed by atoms with Gasteiger partial charge in [0.05, 0.1) is 108 Å². The number of benzene rings is 2. The smallest absolute Gasteiger partial charge is 0.277 e. The van der Waals surface area contributed by atoms with Gasteiger partial charge in [0.1, 0.15) is 6.04 Å². The summed E-state index contributed by atoms with van der Waals surface area (Å²) >= 11 is 0. The maximum atomic E-state index is 13.4. The minimum absolute atomic E-state index is 0.0950. The van der Waals surface area contributed by atoms with Crippen molar-refractivity contribution in [3.05, 3.63) is 95.6 Å². The zero-order valence-electron chi connectivity index (χ0n) is 42.9. The molecule has 3 amide bonds. The lowest BCUT2D eigenvalue weighted by atomic mass is 10.1. The SMILES string of the molecule is Cn1cc(-c2cnc3c(nnn3C[C@@H]3CN(c4ncc(-c5ccc(CN6CCN(C(=O)CCOCCOCCOCCOCCNc7cccc8cnn(C9CCC(=O)NC9=O)c(=O)c78)CC6)cc5)cn4)CCO3)n2)cn1. The van der Waals surface area contributed by atoms with E-state index in [9.17, 15) is 19.2 Å². The molecule has 10 rings (SSSR count). The van der Waals surface area contributed by atoms with Crippen LogP contribution in [0.25, 0.3) is 44.5 Å². The molecular formula is C52H62N16O9. The third-order valence-corrected chi connectivity index (χ3v) is 13.6. The molecule has 0 aliphatic carbocycles. The number of rotatable bonds is 24. The van der Waals surface area contributed by atoms with E-state index >= 15 is 0 Å². The quantitative estimate of drug-likeness (QED) is 0.0646. The topological polar surface area (TPSA) is 266 Å². The molecule has 3 aliphatic heterocycles. The number of nitrogens with one attached hydrogen (secondary N) is 2. The second kappa shape index (κ2) is 25.4. The summed E-state index contributed by atoms with van der Waals surface area (Å²) in [4.78, 5) is 75.4. The zero-order valence-corrected chi connectivity index (χ0v) is 42.9. The van der Waals surface area contributed by atoms with Gasteiger partial charge in [-0.25, -0.2) is 29.3 Å². The number of imide groups is 1. The number of amides is 3. The van der Waals surface area contributed by atoms with Crippen molar-refractivity contribution in [3.63, 3.8) is 0 Å². The molecule has 0 spiro atoms. The molecule has 0 saturated carbocycles. The minimum atomic E-state index is -0.839. The van der Waals surface area contributed by atoms with Crippen LogP contribution in [0.2, 0.25) is 0 Å². The number of hydrogen-bond donors (Lipinski definition) is 2. The van der Waals surface area contributed by atoms with Crippen molar-refractivity contribution >= 4 is 51.4 Å². The Kier molecular flexibility index (Phi) is 17.4. The zero-order chi connectivity index (χ0) is 52.9. The van der Waals surface area contributed by atoms with Crippen LogP contribution in [0.5, 0.6) is 0 Å². The molecule has 3 aliphatic rings. The fourth-order valence-electron chi connectivity index (χ4n) is 9.46. The average molecular weight is 1060 g/mol. The third kappa shape index (κ3) is 13.5. The van der Waals surface area contributed by atoms with Gasteiger partial charge in [0.25, 0.3) is 11.5 Å². The van der Waals surface area contributed by atoms with E-state index < -0.39 is 17.5 Å². The molecule has 5 aromatic heterocycles. The van der Waals surface area contributed by atoms with E-state index in [4.69, 9.17) is 33.7 Å². The molecular weight excluding hydrogens is 993 g/mol. The fraction of sp³-hybridized carbons (Fsp3) is 0.462. The Labute approximate surface area is 442 Å². The van der Waals surface area contributed by atoms with Gasteiger partial charge in [0.15, 0.2) is 5.65 Å². The second-order valence-electron chi connectivity index (χ2n) is 18.9. The molecule has 7 aromatic rings. The number of anilines is 2. The summed E-state index contributed by atoms with van der Waals surface area (Å²) in [7, 11) is 1.86. The van der Waals surface area contributed by atoms with Gasteiger partial charge >= 0.3 is 0 Å². The lowest BCUT2D eigenvalue weighted by Crippen LogP contribution is -2.48. The lowest BCUT2D eigenvalue weighted by molar-refractivity contribution is -0.136. The van der Waals surface area contributed by atoms with Crippen LogP contribution in [0.1, 0.15) is 30.9 Å². The van der Waals surface area contributed by atoms with Crippen molar-refractivity contribution in [2.45, 2.75) is 44.5 Å². The highest BCUT2D eigenvalue weighted by atomic mass is 16.6. The molecule has 2 N–H and O–H groups in total. The van der Waals surface area contributed by atoms with Crippen LogP contribution in [0.4, 0.5) is 11.6 Å². The van der Waals surface area contributed by atoms with Gasteiger partial charge in [0, 0.05) is 107 Å². The van der Waals surface area contributed by atoms with Gasteiger partial charge in [-0.05, 0) is 23.6 Å². The number of hydrogen-bond acceptors (Lipinski definition) is 20. The first-order valence-corrected chi connectivity index (χ1v) is 25.9. The maximum Gasteiger partial charge on any atom is 0.277 e. The van der Waals surface area contributed by atoms with Crippen LogP contribution in [0, 0.1) is 0 Å². The van der Waals surface area contributed by atoms with Crippen molar-refractivity contribution in [1.82, 2.24) is 69.6 Å². The summed E-state index contributed by atoms with van der Waals surface area (Å²) in [6, 6.07) is 13.0. The highest BCUT2D eigenvalue weighted by Gasteiger charge is 2.31. The number of morpholine rings is 1. The Balaban J connectivity index is 0.550. The van der Waals surface area contributed by atoms with Gasteiger partial charge in [-0.1, -0.05) is 41.6 Å². The molecule has 2 aromatic carbocycles. The van der Waals surface area contributed by atoms with Crippen molar-refractivity contribution in [2.24, 2.45) is 7.05 Å². The molecule has 25 nitrogen and oxygen atoms in total. The number of aromatic nitrogens is 11.